The summed E-state index contributed by atoms with van der Waals surface area (Å²) in [5, 5.41) is 3.18. The highest BCUT2D eigenvalue weighted by Gasteiger charge is 2.34. The SMILES string of the molecule is CC[C@@H](C)NC(=O)[C@H](C)N(Cc1cccc(Br)c1)C(=O)CN(c1cc(Cl)ccc1OC)S(=O)(=O)c1ccccc1. The molecule has 2 atom stereocenters. The van der Waals surface area contributed by atoms with Crippen molar-refractivity contribution in [2.75, 3.05) is 18.0 Å². The maximum absolute atomic E-state index is 14.0. The topological polar surface area (TPSA) is 96.0 Å². The first-order valence-corrected chi connectivity index (χ1v) is 15.3. The van der Waals surface area contributed by atoms with Crippen LogP contribution < -0.4 is 14.4 Å². The molecule has 214 valence electrons. The quantitative estimate of drug-likeness (QED) is 0.274. The van der Waals surface area contributed by atoms with Gasteiger partial charge in [-0.2, -0.15) is 0 Å². The van der Waals surface area contributed by atoms with E-state index < -0.39 is 28.5 Å². The predicted octanol–water partition coefficient (Wildman–Crippen LogP) is 5.64. The molecule has 2 amide bonds. The minimum Gasteiger partial charge on any atom is -0.495 e. The molecule has 3 aromatic carbocycles. The Bertz CT molecular complexity index is 1440. The van der Waals surface area contributed by atoms with Crippen LogP contribution >= 0.6 is 27.5 Å². The number of sulfonamides is 1. The van der Waals surface area contributed by atoms with Crippen LogP contribution in [0.5, 0.6) is 5.75 Å². The zero-order valence-corrected chi connectivity index (χ0v) is 26.0. The van der Waals surface area contributed by atoms with Gasteiger partial charge in [-0.1, -0.05) is 64.8 Å². The molecule has 0 aliphatic carbocycles. The van der Waals surface area contributed by atoms with E-state index in [9.17, 15) is 18.0 Å². The number of amides is 2. The molecule has 3 rings (SSSR count). The van der Waals surface area contributed by atoms with E-state index in [-0.39, 0.29) is 39.8 Å². The van der Waals surface area contributed by atoms with Gasteiger partial charge in [0.2, 0.25) is 11.8 Å². The van der Waals surface area contributed by atoms with Gasteiger partial charge in [0.1, 0.15) is 18.3 Å². The van der Waals surface area contributed by atoms with E-state index in [4.69, 9.17) is 16.3 Å². The van der Waals surface area contributed by atoms with Crippen LogP contribution in [0, 0.1) is 0 Å². The molecule has 0 heterocycles. The lowest BCUT2D eigenvalue weighted by Gasteiger charge is -2.33. The molecule has 1 N–H and O–H groups in total. The highest BCUT2D eigenvalue weighted by molar-refractivity contribution is 9.10. The second kappa shape index (κ2) is 14.0. The molecule has 40 heavy (non-hydrogen) atoms. The maximum atomic E-state index is 14.0. The second-order valence-corrected chi connectivity index (χ2v) is 12.5. The number of halogens is 2. The lowest BCUT2D eigenvalue weighted by molar-refractivity contribution is -0.139. The zero-order valence-electron chi connectivity index (χ0n) is 22.8. The lowest BCUT2D eigenvalue weighted by Crippen LogP contribution is -2.52. The van der Waals surface area contributed by atoms with E-state index in [1.807, 2.05) is 38.1 Å². The first-order valence-electron chi connectivity index (χ1n) is 12.7. The zero-order chi connectivity index (χ0) is 29.4. The Kier molecular flexibility index (Phi) is 11.0. The summed E-state index contributed by atoms with van der Waals surface area (Å²) in [6.45, 7) is 4.95. The molecule has 8 nitrogen and oxygen atoms in total. The van der Waals surface area contributed by atoms with E-state index in [1.54, 1.807) is 31.2 Å². The first-order chi connectivity index (χ1) is 19.0. The van der Waals surface area contributed by atoms with Crippen LogP contribution in [-0.4, -0.2) is 50.9 Å². The highest BCUT2D eigenvalue weighted by atomic mass is 79.9. The minimum absolute atomic E-state index is 0.00840. The average molecular weight is 651 g/mol. The standard InChI is InChI=1S/C29H33BrClN3O5S/c1-5-20(2)32-29(36)21(3)33(18-22-10-9-11-23(30)16-22)28(35)19-34(26-17-24(31)14-15-27(26)39-4)40(37,38)25-12-7-6-8-13-25/h6-17,20-21H,5,18-19H2,1-4H3,(H,32,36)/t20-,21+/m1/s1. The molecular weight excluding hydrogens is 618 g/mol. The molecule has 0 saturated carbocycles. The van der Waals surface area contributed by atoms with Crippen LogP contribution in [0.1, 0.15) is 32.8 Å². The van der Waals surface area contributed by atoms with Crippen LogP contribution in [0.2, 0.25) is 5.02 Å². The summed E-state index contributed by atoms with van der Waals surface area (Å²) in [5.41, 5.74) is 0.870. The summed E-state index contributed by atoms with van der Waals surface area (Å²) in [5.74, 6) is -0.693. The fourth-order valence-corrected chi connectivity index (χ4v) is 6.02. The Labute approximate surface area is 249 Å². The van der Waals surface area contributed by atoms with Gasteiger partial charge in [-0.15, -0.1) is 0 Å². The van der Waals surface area contributed by atoms with E-state index in [0.29, 0.717) is 0 Å². The molecule has 11 heteroatoms. The number of ether oxygens (including phenoxy) is 1. The summed E-state index contributed by atoms with van der Waals surface area (Å²) in [4.78, 5) is 28.6. The van der Waals surface area contributed by atoms with Gasteiger partial charge in [-0.3, -0.25) is 13.9 Å². The van der Waals surface area contributed by atoms with Gasteiger partial charge in [-0.25, -0.2) is 8.42 Å². The highest BCUT2D eigenvalue weighted by Crippen LogP contribution is 2.35. The number of methoxy groups -OCH3 is 1. The number of hydrogen-bond donors (Lipinski definition) is 1. The number of carbonyl (C=O) groups is 2. The molecule has 0 fully saturated rings. The molecule has 0 aliphatic rings. The number of nitrogens with one attached hydrogen (secondary N) is 1. The second-order valence-electron chi connectivity index (χ2n) is 9.29. The van der Waals surface area contributed by atoms with Crippen LogP contribution in [0.4, 0.5) is 5.69 Å². The van der Waals surface area contributed by atoms with Crippen LogP contribution in [0.15, 0.2) is 82.2 Å². The molecule has 0 aromatic heterocycles. The molecule has 0 aliphatic heterocycles. The Balaban J connectivity index is 2.08. The van der Waals surface area contributed by atoms with Crippen molar-refractivity contribution >= 4 is 55.1 Å². The third kappa shape index (κ3) is 7.77. The third-order valence-corrected chi connectivity index (χ3v) is 8.93. The largest absolute Gasteiger partial charge is 0.495 e. The summed E-state index contributed by atoms with van der Waals surface area (Å²) in [6, 6.07) is 18.7. The lowest BCUT2D eigenvalue weighted by atomic mass is 10.1. The van der Waals surface area contributed by atoms with Gasteiger partial charge in [0.15, 0.2) is 0 Å². The van der Waals surface area contributed by atoms with Crippen molar-refractivity contribution < 1.29 is 22.7 Å². The first kappa shape index (κ1) is 31.4. The number of hydrogen-bond acceptors (Lipinski definition) is 5. The summed E-state index contributed by atoms with van der Waals surface area (Å²) >= 11 is 9.71. The van der Waals surface area contributed by atoms with E-state index in [2.05, 4.69) is 21.2 Å². The molecule has 0 saturated heterocycles. The van der Waals surface area contributed by atoms with Crippen molar-refractivity contribution in [2.45, 2.75) is 50.7 Å². The number of carbonyl (C=O) groups excluding carboxylic acids is 2. The van der Waals surface area contributed by atoms with Crippen molar-refractivity contribution in [2.24, 2.45) is 0 Å². The molecule has 0 bridgehead atoms. The van der Waals surface area contributed by atoms with E-state index in [1.165, 1.54) is 36.3 Å². The monoisotopic (exact) mass is 649 g/mol. The fraction of sp³-hybridized carbons (Fsp3) is 0.310. The molecule has 0 radical (unpaired) electrons. The number of benzene rings is 3. The van der Waals surface area contributed by atoms with Crippen LogP contribution in [0.3, 0.4) is 0 Å². The normalized spacial score (nSPS) is 12.8. The number of anilines is 1. The molecule has 3 aromatic rings. The van der Waals surface area contributed by atoms with Gasteiger partial charge in [0.05, 0.1) is 17.7 Å². The summed E-state index contributed by atoms with van der Waals surface area (Å²) in [7, 11) is -2.84. The number of rotatable bonds is 12. The van der Waals surface area contributed by atoms with Crippen LogP contribution in [-0.2, 0) is 26.2 Å². The van der Waals surface area contributed by atoms with Crippen molar-refractivity contribution in [3.05, 3.63) is 87.9 Å². The van der Waals surface area contributed by atoms with E-state index in [0.717, 1.165) is 20.8 Å². The van der Waals surface area contributed by atoms with Gasteiger partial charge >= 0.3 is 0 Å². The minimum atomic E-state index is -4.24. The maximum Gasteiger partial charge on any atom is 0.264 e. The van der Waals surface area contributed by atoms with Crippen molar-refractivity contribution in [1.82, 2.24) is 10.2 Å². The summed E-state index contributed by atoms with van der Waals surface area (Å²) in [6.07, 6.45) is 0.718. The van der Waals surface area contributed by atoms with Crippen molar-refractivity contribution in [1.29, 1.82) is 0 Å². The molecule has 0 unspecified atom stereocenters. The number of nitrogens with zero attached hydrogens (tertiary/aromatic N) is 2. The third-order valence-electron chi connectivity index (χ3n) is 6.43. The molecule has 0 spiro atoms. The van der Waals surface area contributed by atoms with Gasteiger partial charge in [-0.05, 0) is 68.3 Å². The van der Waals surface area contributed by atoms with Gasteiger partial charge in [0.25, 0.3) is 10.0 Å². The Morgan fingerprint density at radius 3 is 2.35 bits per heavy atom. The van der Waals surface area contributed by atoms with Gasteiger partial charge in [0, 0.05) is 22.1 Å². The Morgan fingerprint density at radius 2 is 1.73 bits per heavy atom. The van der Waals surface area contributed by atoms with Crippen molar-refractivity contribution in [3.8, 4) is 5.75 Å². The smallest absolute Gasteiger partial charge is 0.264 e. The van der Waals surface area contributed by atoms with Crippen LogP contribution in [0.25, 0.3) is 0 Å². The average Bonchev–Trinajstić information content (AvgIpc) is 2.94. The van der Waals surface area contributed by atoms with Gasteiger partial charge < -0.3 is 15.0 Å². The summed E-state index contributed by atoms with van der Waals surface area (Å²) < 4.78 is 35.1. The Hall–Kier alpha value is -3.08. The van der Waals surface area contributed by atoms with Crippen molar-refractivity contribution in [3.63, 3.8) is 0 Å². The fourth-order valence-electron chi connectivity index (χ4n) is 3.97. The Morgan fingerprint density at radius 1 is 1.02 bits per heavy atom. The predicted molar refractivity (Wildman–Crippen MR) is 161 cm³/mol. The van der Waals surface area contributed by atoms with E-state index >= 15 is 0 Å². The molecular formula is C29H33BrClN3O5S.